The van der Waals surface area contributed by atoms with E-state index in [9.17, 15) is 9.59 Å². The second-order valence-electron chi connectivity index (χ2n) is 5.49. The molecule has 0 aliphatic rings. The Hall–Kier alpha value is -2.84. The number of nitrogens with one attached hydrogen (secondary N) is 1. The van der Waals surface area contributed by atoms with E-state index in [2.05, 4.69) is 47.4 Å². The largest absolute Gasteiger partial charge is 0.422 e. The maximum Gasteiger partial charge on any atom is 0.343 e. The Labute approximate surface area is 177 Å². The molecule has 0 spiro atoms. The average molecular weight is 503 g/mol. The molecule has 140 valence electrons. The Balaban J connectivity index is 1.74. The second-order valence-corrected chi connectivity index (χ2v) is 7.32. The summed E-state index contributed by atoms with van der Waals surface area (Å²) in [6.07, 6.45) is 2.92. The zero-order valence-electron chi connectivity index (χ0n) is 14.3. The van der Waals surface area contributed by atoms with Crippen LogP contribution in [-0.2, 0) is 0 Å². The van der Waals surface area contributed by atoms with Gasteiger partial charge in [-0.2, -0.15) is 5.10 Å². The van der Waals surface area contributed by atoms with Crippen molar-refractivity contribution in [1.29, 1.82) is 0 Å². The van der Waals surface area contributed by atoms with Crippen LogP contribution in [0.15, 0.2) is 80.9 Å². The van der Waals surface area contributed by atoms with E-state index in [0.717, 1.165) is 8.95 Å². The van der Waals surface area contributed by atoms with E-state index in [4.69, 9.17) is 4.74 Å². The predicted molar refractivity (Wildman–Crippen MR) is 113 cm³/mol. The number of esters is 1. The van der Waals surface area contributed by atoms with E-state index in [1.165, 1.54) is 12.4 Å². The van der Waals surface area contributed by atoms with Crippen molar-refractivity contribution in [3.8, 4) is 5.75 Å². The lowest BCUT2D eigenvalue weighted by molar-refractivity contribution is 0.0734. The monoisotopic (exact) mass is 501 g/mol. The van der Waals surface area contributed by atoms with Gasteiger partial charge < -0.3 is 4.74 Å². The van der Waals surface area contributed by atoms with Crippen LogP contribution in [0.5, 0.6) is 5.75 Å². The zero-order chi connectivity index (χ0) is 19.9. The molecule has 1 aromatic heterocycles. The van der Waals surface area contributed by atoms with Gasteiger partial charge in [0.2, 0.25) is 0 Å². The summed E-state index contributed by atoms with van der Waals surface area (Å²) in [5.74, 6) is -0.630. The number of rotatable bonds is 5. The first-order chi connectivity index (χ1) is 13.5. The fourth-order valence-corrected chi connectivity index (χ4v) is 2.82. The molecule has 0 radical (unpaired) electrons. The quantitative estimate of drug-likeness (QED) is 0.239. The molecule has 0 saturated carbocycles. The number of hydrogen-bond donors (Lipinski definition) is 1. The molecule has 0 unspecified atom stereocenters. The highest BCUT2D eigenvalue weighted by Crippen LogP contribution is 2.23. The van der Waals surface area contributed by atoms with Gasteiger partial charge in [-0.3, -0.25) is 9.78 Å². The summed E-state index contributed by atoms with van der Waals surface area (Å²) in [5, 5.41) is 3.93. The lowest BCUT2D eigenvalue weighted by Gasteiger charge is -2.08. The number of aromatic nitrogens is 1. The Bertz CT molecular complexity index is 1020. The van der Waals surface area contributed by atoms with E-state index in [-0.39, 0.29) is 5.69 Å². The van der Waals surface area contributed by atoms with E-state index in [1.807, 2.05) is 0 Å². The minimum Gasteiger partial charge on any atom is -0.422 e. The smallest absolute Gasteiger partial charge is 0.343 e. The number of amides is 1. The molecule has 2 aromatic carbocycles. The molecule has 1 N–H and O–H groups in total. The summed E-state index contributed by atoms with van der Waals surface area (Å²) in [6.45, 7) is 0. The number of halogens is 2. The van der Waals surface area contributed by atoms with Crippen LogP contribution in [0.4, 0.5) is 0 Å². The third-order valence-electron chi connectivity index (χ3n) is 3.52. The van der Waals surface area contributed by atoms with Gasteiger partial charge in [0.25, 0.3) is 5.91 Å². The first-order valence-electron chi connectivity index (χ1n) is 8.04. The molecule has 6 nitrogen and oxygen atoms in total. The summed E-state index contributed by atoms with van der Waals surface area (Å²) in [7, 11) is 0. The minimum absolute atomic E-state index is 0.246. The van der Waals surface area contributed by atoms with Crippen LogP contribution in [0.3, 0.4) is 0 Å². The number of benzene rings is 2. The Morgan fingerprint density at radius 2 is 1.75 bits per heavy atom. The van der Waals surface area contributed by atoms with Crippen molar-refractivity contribution in [1.82, 2.24) is 10.4 Å². The van der Waals surface area contributed by atoms with Crippen molar-refractivity contribution in [3.63, 3.8) is 0 Å². The molecule has 28 heavy (non-hydrogen) atoms. The summed E-state index contributed by atoms with van der Waals surface area (Å²) in [4.78, 5) is 28.3. The van der Waals surface area contributed by atoms with Crippen LogP contribution >= 0.6 is 31.9 Å². The summed E-state index contributed by atoms with van der Waals surface area (Å²) >= 11 is 6.69. The lowest BCUT2D eigenvalue weighted by atomic mass is 10.2. The van der Waals surface area contributed by atoms with Crippen molar-refractivity contribution in [2.75, 3.05) is 0 Å². The second kappa shape index (κ2) is 9.38. The highest BCUT2D eigenvalue weighted by Gasteiger charge is 2.12. The van der Waals surface area contributed by atoms with Gasteiger partial charge in [0.15, 0.2) is 0 Å². The molecular formula is C20H13Br2N3O3. The molecule has 0 fully saturated rings. The number of hydrogen-bond acceptors (Lipinski definition) is 5. The predicted octanol–water partition coefficient (Wildman–Crippen LogP) is 4.59. The number of nitrogens with zero attached hydrogens (tertiary/aromatic N) is 2. The summed E-state index contributed by atoms with van der Waals surface area (Å²) in [6, 6.07) is 16.9. The maximum absolute atomic E-state index is 12.4. The van der Waals surface area contributed by atoms with Crippen LogP contribution in [0.25, 0.3) is 0 Å². The Morgan fingerprint density at radius 3 is 2.46 bits per heavy atom. The SMILES string of the molecule is O=C(Oc1ccc(Br)cc1/C=N\NC(=O)c1ccccn1)c1ccc(Br)cc1. The number of carbonyl (C=O) groups is 2. The molecule has 0 bridgehead atoms. The van der Waals surface area contributed by atoms with Gasteiger partial charge in [0.05, 0.1) is 11.8 Å². The van der Waals surface area contributed by atoms with Crippen molar-refractivity contribution in [2.45, 2.75) is 0 Å². The zero-order valence-corrected chi connectivity index (χ0v) is 17.5. The van der Waals surface area contributed by atoms with Gasteiger partial charge >= 0.3 is 5.97 Å². The van der Waals surface area contributed by atoms with Crippen molar-refractivity contribution in [3.05, 3.63) is 92.6 Å². The minimum atomic E-state index is -0.498. The van der Waals surface area contributed by atoms with Crippen LogP contribution < -0.4 is 10.2 Å². The van der Waals surface area contributed by atoms with Crippen LogP contribution in [0, 0.1) is 0 Å². The first kappa shape index (κ1) is 19.9. The summed E-state index contributed by atoms with van der Waals surface area (Å²) < 4.78 is 7.11. The van der Waals surface area contributed by atoms with Crippen LogP contribution in [0.2, 0.25) is 0 Å². The summed E-state index contributed by atoms with van der Waals surface area (Å²) in [5.41, 5.74) is 3.57. The number of carbonyl (C=O) groups excluding carboxylic acids is 2. The number of pyridine rings is 1. The fraction of sp³-hybridized carbons (Fsp3) is 0. The molecule has 1 amide bonds. The van der Waals surface area contributed by atoms with Gasteiger partial charge in [-0.25, -0.2) is 10.2 Å². The third kappa shape index (κ3) is 5.34. The highest BCUT2D eigenvalue weighted by molar-refractivity contribution is 9.10. The van der Waals surface area contributed by atoms with Gasteiger partial charge in [-0.15, -0.1) is 0 Å². The van der Waals surface area contributed by atoms with Crippen LogP contribution in [-0.4, -0.2) is 23.1 Å². The molecular weight excluding hydrogens is 490 g/mol. The van der Waals surface area contributed by atoms with Gasteiger partial charge in [-0.05, 0) is 54.6 Å². The Kier molecular flexibility index (Phi) is 6.67. The van der Waals surface area contributed by atoms with Gasteiger partial charge in [0, 0.05) is 20.7 Å². The third-order valence-corrected chi connectivity index (χ3v) is 4.54. The van der Waals surface area contributed by atoms with E-state index >= 15 is 0 Å². The lowest BCUT2D eigenvalue weighted by Crippen LogP contribution is -2.18. The maximum atomic E-state index is 12.4. The van der Waals surface area contributed by atoms with Crippen LogP contribution in [0.1, 0.15) is 26.4 Å². The van der Waals surface area contributed by atoms with Gasteiger partial charge in [0.1, 0.15) is 11.4 Å². The number of hydrazone groups is 1. The van der Waals surface area contributed by atoms with Crippen molar-refractivity contribution in [2.24, 2.45) is 5.10 Å². The fourth-order valence-electron chi connectivity index (χ4n) is 2.17. The van der Waals surface area contributed by atoms with E-state index in [1.54, 1.807) is 60.7 Å². The molecule has 8 heteroatoms. The topological polar surface area (TPSA) is 80.6 Å². The molecule has 0 saturated heterocycles. The van der Waals surface area contributed by atoms with Crippen molar-refractivity contribution < 1.29 is 14.3 Å². The first-order valence-corrected chi connectivity index (χ1v) is 9.63. The molecule has 0 aliphatic carbocycles. The van der Waals surface area contributed by atoms with E-state index in [0.29, 0.717) is 16.9 Å². The Morgan fingerprint density at radius 1 is 1.00 bits per heavy atom. The molecule has 0 aliphatic heterocycles. The van der Waals surface area contributed by atoms with Crippen molar-refractivity contribution >= 4 is 50.0 Å². The standard InChI is InChI=1S/C20H13Br2N3O3/c21-15-6-4-13(5-7-15)20(27)28-18-9-8-16(22)11-14(18)12-24-25-19(26)17-3-1-2-10-23-17/h1-12H,(H,25,26)/b24-12-. The average Bonchev–Trinajstić information content (AvgIpc) is 2.71. The number of ether oxygens (including phenoxy) is 1. The molecule has 1 heterocycles. The molecule has 3 rings (SSSR count). The highest BCUT2D eigenvalue weighted by atomic mass is 79.9. The van der Waals surface area contributed by atoms with E-state index < -0.39 is 11.9 Å². The molecule has 0 atom stereocenters. The molecule has 3 aromatic rings. The van der Waals surface area contributed by atoms with Gasteiger partial charge in [-0.1, -0.05) is 37.9 Å². The normalized spacial score (nSPS) is 10.6.